The van der Waals surface area contributed by atoms with Crippen molar-refractivity contribution in [3.05, 3.63) is 23.9 Å². The van der Waals surface area contributed by atoms with Crippen LogP contribution in [0.2, 0.25) is 0 Å². The average Bonchev–Trinajstić information content (AvgIpc) is 2.32. The molecule has 2 unspecified atom stereocenters. The van der Waals surface area contributed by atoms with E-state index >= 15 is 0 Å². The lowest BCUT2D eigenvalue weighted by Gasteiger charge is -2.30. The molecule has 0 radical (unpaired) electrons. The second kappa shape index (κ2) is 5.45. The van der Waals surface area contributed by atoms with E-state index in [-0.39, 0.29) is 0 Å². The summed E-state index contributed by atoms with van der Waals surface area (Å²) >= 11 is 4.94. The molecule has 0 bridgehead atoms. The van der Waals surface area contributed by atoms with Gasteiger partial charge in [0.25, 0.3) is 0 Å². The van der Waals surface area contributed by atoms with Crippen LogP contribution in [0.25, 0.3) is 0 Å². The molecule has 17 heavy (non-hydrogen) atoms. The number of anilines is 1. The molecule has 3 N–H and O–H groups in total. The number of hydrogen-bond donors (Lipinski definition) is 2. The first-order valence-electron chi connectivity index (χ1n) is 6.20. The highest BCUT2D eigenvalue weighted by molar-refractivity contribution is 7.80. The van der Waals surface area contributed by atoms with E-state index in [4.69, 9.17) is 18.0 Å². The summed E-state index contributed by atoms with van der Waals surface area (Å²) in [6.45, 7) is 2.30. The topological polar surface area (TPSA) is 50.9 Å². The van der Waals surface area contributed by atoms with Gasteiger partial charge in [0.1, 0.15) is 10.8 Å². The highest BCUT2D eigenvalue weighted by Gasteiger charge is 2.21. The van der Waals surface area contributed by atoms with Crippen LogP contribution in [0.1, 0.15) is 38.3 Å². The third kappa shape index (κ3) is 3.16. The molecule has 1 saturated carbocycles. The molecule has 2 atom stereocenters. The van der Waals surface area contributed by atoms with Gasteiger partial charge in [-0.3, -0.25) is 0 Å². The zero-order valence-electron chi connectivity index (χ0n) is 10.1. The molecular formula is C13H19N3S. The normalized spacial score (nSPS) is 24.3. The molecule has 3 nitrogen and oxygen atoms in total. The van der Waals surface area contributed by atoms with Gasteiger partial charge in [0, 0.05) is 6.04 Å². The Morgan fingerprint density at radius 2 is 2.18 bits per heavy atom. The monoisotopic (exact) mass is 249 g/mol. The summed E-state index contributed by atoms with van der Waals surface area (Å²) in [5.41, 5.74) is 6.27. The van der Waals surface area contributed by atoms with Gasteiger partial charge in [0.15, 0.2) is 0 Å². The summed E-state index contributed by atoms with van der Waals surface area (Å²) in [5, 5.41) is 3.50. The Morgan fingerprint density at radius 1 is 1.41 bits per heavy atom. The number of nitrogens with zero attached hydrogens (tertiary/aromatic N) is 1. The van der Waals surface area contributed by atoms with Crippen molar-refractivity contribution in [3.8, 4) is 0 Å². The second-order valence-corrected chi connectivity index (χ2v) is 5.22. The minimum Gasteiger partial charge on any atom is -0.388 e. The van der Waals surface area contributed by atoms with Crippen molar-refractivity contribution < 1.29 is 0 Å². The van der Waals surface area contributed by atoms with E-state index in [0.717, 1.165) is 5.82 Å². The largest absolute Gasteiger partial charge is 0.388 e. The van der Waals surface area contributed by atoms with Crippen molar-refractivity contribution in [2.45, 2.75) is 38.6 Å². The van der Waals surface area contributed by atoms with Crippen LogP contribution in [-0.2, 0) is 0 Å². The second-order valence-electron chi connectivity index (χ2n) is 4.78. The first-order valence-corrected chi connectivity index (χ1v) is 6.61. The lowest BCUT2D eigenvalue weighted by molar-refractivity contribution is 0.349. The van der Waals surface area contributed by atoms with Gasteiger partial charge in [-0.2, -0.15) is 0 Å². The summed E-state index contributed by atoms with van der Waals surface area (Å²) in [7, 11) is 0. The van der Waals surface area contributed by atoms with Crippen LogP contribution in [-0.4, -0.2) is 16.0 Å². The maximum atomic E-state index is 5.58. The van der Waals surface area contributed by atoms with Crippen molar-refractivity contribution in [2.24, 2.45) is 11.7 Å². The van der Waals surface area contributed by atoms with E-state index in [1.807, 2.05) is 18.2 Å². The summed E-state index contributed by atoms with van der Waals surface area (Å²) in [4.78, 5) is 4.78. The molecular weight excluding hydrogens is 230 g/mol. The van der Waals surface area contributed by atoms with Crippen molar-refractivity contribution in [1.29, 1.82) is 0 Å². The van der Waals surface area contributed by atoms with Crippen LogP contribution in [0.3, 0.4) is 0 Å². The lowest BCUT2D eigenvalue weighted by atomic mass is 9.86. The van der Waals surface area contributed by atoms with Gasteiger partial charge in [-0.05, 0) is 30.9 Å². The van der Waals surface area contributed by atoms with Crippen molar-refractivity contribution in [3.63, 3.8) is 0 Å². The molecule has 0 aliphatic heterocycles. The first-order chi connectivity index (χ1) is 8.16. The molecule has 1 aliphatic rings. The number of thiocarbonyl (C=S) groups is 1. The van der Waals surface area contributed by atoms with Crippen LogP contribution < -0.4 is 11.1 Å². The Balaban J connectivity index is 2.07. The predicted molar refractivity (Wildman–Crippen MR) is 75.2 cm³/mol. The number of nitrogens with two attached hydrogens (primary N) is 1. The fraction of sp³-hybridized carbons (Fsp3) is 0.538. The molecule has 0 aromatic carbocycles. The van der Waals surface area contributed by atoms with Gasteiger partial charge in [-0.25, -0.2) is 4.98 Å². The molecule has 4 heteroatoms. The summed E-state index contributed by atoms with van der Waals surface area (Å²) < 4.78 is 0. The standard InChI is InChI=1S/C13H19N3S/c1-9-5-2-3-6-10(9)15-12-8-4-7-11(16-12)13(14)17/h4,7-10H,2-3,5-6H2,1H3,(H2,14,17)(H,15,16). The SMILES string of the molecule is CC1CCCCC1Nc1cccc(C(N)=S)n1. The molecule has 92 valence electrons. The third-order valence-electron chi connectivity index (χ3n) is 3.45. The fourth-order valence-electron chi connectivity index (χ4n) is 2.37. The molecule has 1 fully saturated rings. The fourth-order valence-corrected chi connectivity index (χ4v) is 2.49. The van der Waals surface area contributed by atoms with Gasteiger partial charge >= 0.3 is 0 Å². The quantitative estimate of drug-likeness (QED) is 0.809. The van der Waals surface area contributed by atoms with Gasteiger partial charge in [-0.15, -0.1) is 0 Å². The summed E-state index contributed by atoms with van der Waals surface area (Å²) in [5.74, 6) is 1.59. The van der Waals surface area contributed by atoms with E-state index in [0.29, 0.717) is 22.6 Å². The molecule has 1 aromatic rings. The molecule has 0 amide bonds. The molecule has 2 rings (SSSR count). The van der Waals surface area contributed by atoms with Gasteiger partial charge in [0.05, 0.1) is 5.69 Å². The van der Waals surface area contributed by atoms with Crippen molar-refractivity contribution in [2.75, 3.05) is 5.32 Å². The Kier molecular flexibility index (Phi) is 3.94. The minimum absolute atomic E-state index is 0.352. The van der Waals surface area contributed by atoms with Gasteiger partial charge < -0.3 is 11.1 Å². The molecule has 0 saturated heterocycles. The summed E-state index contributed by atoms with van der Waals surface area (Å²) in [6.07, 6.45) is 5.17. The third-order valence-corrected chi connectivity index (χ3v) is 3.66. The number of rotatable bonds is 3. The van der Waals surface area contributed by atoms with Crippen LogP contribution >= 0.6 is 12.2 Å². The van der Waals surface area contributed by atoms with E-state index in [9.17, 15) is 0 Å². The van der Waals surface area contributed by atoms with Crippen LogP contribution in [0.15, 0.2) is 18.2 Å². The number of aromatic nitrogens is 1. The maximum Gasteiger partial charge on any atom is 0.126 e. The number of pyridine rings is 1. The van der Waals surface area contributed by atoms with Crippen LogP contribution in [0.4, 0.5) is 5.82 Å². The van der Waals surface area contributed by atoms with Crippen molar-refractivity contribution in [1.82, 2.24) is 4.98 Å². The maximum absolute atomic E-state index is 5.58. The molecule has 1 aromatic heterocycles. The predicted octanol–water partition coefficient (Wildman–Crippen LogP) is 2.71. The molecule has 0 spiro atoms. The van der Waals surface area contributed by atoms with Crippen LogP contribution in [0.5, 0.6) is 0 Å². The number of nitrogens with one attached hydrogen (secondary N) is 1. The Morgan fingerprint density at radius 3 is 2.88 bits per heavy atom. The zero-order valence-corrected chi connectivity index (χ0v) is 11.0. The summed E-state index contributed by atoms with van der Waals surface area (Å²) in [6, 6.07) is 6.29. The van der Waals surface area contributed by atoms with Crippen LogP contribution in [0, 0.1) is 5.92 Å². The zero-order chi connectivity index (χ0) is 12.3. The average molecular weight is 249 g/mol. The van der Waals surface area contributed by atoms with E-state index in [2.05, 4.69) is 17.2 Å². The molecule has 1 heterocycles. The Bertz CT molecular complexity index is 405. The smallest absolute Gasteiger partial charge is 0.126 e. The van der Waals surface area contributed by atoms with E-state index < -0.39 is 0 Å². The molecule has 1 aliphatic carbocycles. The lowest BCUT2D eigenvalue weighted by Crippen LogP contribution is -2.30. The highest BCUT2D eigenvalue weighted by atomic mass is 32.1. The highest BCUT2D eigenvalue weighted by Crippen LogP contribution is 2.26. The van der Waals surface area contributed by atoms with E-state index in [1.165, 1.54) is 25.7 Å². The van der Waals surface area contributed by atoms with E-state index in [1.54, 1.807) is 0 Å². The van der Waals surface area contributed by atoms with Gasteiger partial charge in [-0.1, -0.05) is 38.0 Å². The first kappa shape index (κ1) is 12.3. The Hall–Kier alpha value is -1.16. The van der Waals surface area contributed by atoms with Gasteiger partial charge in [0.2, 0.25) is 0 Å². The minimum atomic E-state index is 0.352. The number of hydrogen-bond acceptors (Lipinski definition) is 3. The Labute approximate surface area is 108 Å². The van der Waals surface area contributed by atoms with Crippen molar-refractivity contribution >= 4 is 23.0 Å².